The summed E-state index contributed by atoms with van der Waals surface area (Å²) in [5, 5.41) is 0. The van der Waals surface area contributed by atoms with Crippen LogP contribution in [0, 0.1) is 35.5 Å². The van der Waals surface area contributed by atoms with Crippen LogP contribution in [-0.4, -0.2) is 19.3 Å². The van der Waals surface area contributed by atoms with Crippen LogP contribution in [0.1, 0.15) is 52.4 Å². The highest BCUT2D eigenvalue weighted by Gasteiger charge is 2.55. The molecule has 4 rings (SSSR count). The molecule has 0 N–H and O–H groups in total. The van der Waals surface area contributed by atoms with Crippen molar-refractivity contribution in [3.63, 3.8) is 0 Å². The summed E-state index contributed by atoms with van der Waals surface area (Å²) in [6.45, 7) is 10.0. The summed E-state index contributed by atoms with van der Waals surface area (Å²) in [7, 11) is 0. The predicted molar refractivity (Wildman–Crippen MR) is 102 cm³/mol. The molecule has 1 saturated heterocycles. The molecule has 2 heteroatoms. The third-order valence-electron chi connectivity index (χ3n) is 7.48. The number of allylic oxidation sites excluding steroid dienone is 4. The van der Waals surface area contributed by atoms with Gasteiger partial charge >= 0.3 is 0 Å². The van der Waals surface area contributed by atoms with E-state index in [0.29, 0.717) is 18.6 Å². The Morgan fingerprint density at radius 3 is 2.72 bits per heavy atom. The molecular weight excluding hydrogens is 308 g/mol. The maximum Gasteiger partial charge on any atom is 0.122 e. The molecule has 3 saturated carbocycles. The first-order chi connectivity index (χ1) is 12.3. The van der Waals surface area contributed by atoms with Crippen molar-refractivity contribution in [2.75, 3.05) is 13.2 Å². The minimum atomic E-state index is 0.295. The van der Waals surface area contributed by atoms with E-state index in [1.165, 1.54) is 44.1 Å². The molecule has 0 spiro atoms. The molecule has 4 fully saturated rings. The summed E-state index contributed by atoms with van der Waals surface area (Å²) in [6, 6.07) is 0. The minimum Gasteiger partial charge on any atom is -0.491 e. The lowest BCUT2D eigenvalue weighted by atomic mass is 9.68. The van der Waals surface area contributed by atoms with Crippen molar-refractivity contribution in [2.45, 2.75) is 58.5 Å². The van der Waals surface area contributed by atoms with Crippen LogP contribution in [0.15, 0.2) is 36.1 Å². The number of ether oxygens (including phenoxy) is 2. The molecule has 0 aromatic carbocycles. The van der Waals surface area contributed by atoms with Gasteiger partial charge in [-0.05, 0) is 86.2 Å². The van der Waals surface area contributed by atoms with Crippen LogP contribution in [0.25, 0.3) is 0 Å². The maximum absolute atomic E-state index is 6.12. The molecule has 0 aromatic heterocycles. The van der Waals surface area contributed by atoms with Crippen molar-refractivity contribution < 1.29 is 9.47 Å². The number of epoxide rings is 1. The first-order valence-electron chi connectivity index (χ1n) is 10.5. The third-order valence-corrected chi connectivity index (χ3v) is 7.48. The largest absolute Gasteiger partial charge is 0.491 e. The van der Waals surface area contributed by atoms with E-state index in [2.05, 4.69) is 32.6 Å². The van der Waals surface area contributed by atoms with E-state index in [-0.39, 0.29) is 0 Å². The molecule has 25 heavy (non-hydrogen) atoms. The Morgan fingerprint density at radius 2 is 2.04 bits per heavy atom. The van der Waals surface area contributed by atoms with Gasteiger partial charge in [0, 0.05) is 0 Å². The van der Waals surface area contributed by atoms with E-state index in [0.717, 1.165) is 42.0 Å². The van der Waals surface area contributed by atoms with Crippen LogP contribution in [-0.2, 0) is 9.47 Å². The van der Waals surface area contributed by atoms with Crippen LogP contribution < -0.4 is 0 Å². The first-order valence-corrected chi connectivity index (χ1v) is 10.5. The lowest BCUT2D eigenvalue weighted by molar-refractivity contribution is 0.143. The molecule has 1 aliphatic heterocycles. The van der Waals surface area contributed by atoms with Gasteiger partial charge in [0.2, 0.25) is 0 Å². The summed E-state index contributed by atoms with van der Waals surface area (Å²) >= 11 is 0. The first kappa shape index (κ1) is 17.4. The second kappa shape index (κ2) is 7.31. The number of hydrogen-bond donors (Lipinski definition) is 0. The Morgan fingerprint density at radius 1 is 1.24 bits per heavy atom. The lowest BCUT2D eigenvalue weighted by Crippen LogP contribution is -2.30. The zero-order valence-electron chi connectivity index (χ0n) is 16.0. The topological polar surface area (TPSA) is 21.8 Å². The van der Waals surface area contributed by atoms with Gasteiger partial charge in [0.25, 0.3) is 0 Å². The molecule has 0 radical (unpaired) electrons. The smallest absolute Gasteiger partial charge is 0.122 e. The van der Waals surface area contributed by atoms with Crippen LogP contribution in [0.4, 0.5) is 0 Å². The van der Waals surface area contributed by atoms with E-state index < -0.39 is 0 Å². The highest BCUT2D eigenvalue weighted by molar-refractivity contribution is 5.32. The highest BCUT2D eigenvalue weighted by Crippen LogP contribution is 2.63. The third kappa shape index (κ3) is 3.23. The van der Waals surface area contributed by atoms with Gasteiger partial charge in [0.05, 0.1) is 6.61 Å². The predicted octanol–water partition coefficient (Wildman–Crippen LogP) is 5.52. The van der Waals surface area contributed by atoms with Crippen molar-refractivity contribution in [3.8, 4) is 0 Å². The zero-order chi connectivity index (χ0) is 17.4. The molecule has 0 aromatic rings. The standard InChI is InChI=1S/C23H34O2/c1-4-8-20(23(6-3)25-14-16-13-24-16)17(5-2)21-11-15-12-22(21)19-10-7-9-18(15)19/h4,6,8,15-19,21-22H,3,5,7,9-14H2,1-2H3/b8-4-,23-20-. The lowest BCUT2D eigenvalue weighted by Gasteiger charge is -2.37. The SMILES string of the molecule is C=C/C(OCC1CO1)=C(\C=C/C)C(CC)C1CC2CC1C1CCCC21. The van der Waals surface area contributed by atoms with Gasteiger partial charge in [0.1, 0.15) is 18.5 Å². The van der Waals surface area contributed by atoms with Gasteiger partial charge in [-0.1, -0.05) is 32.1 Å². The molecule has 138 valence electrons. The monoisotopic (exact) mass is 342 g/mol. The maximum atomic E-state index is 6.12. The number of rotatable bonds is 8. The summed E-state index contributed by atoms with van der Waals surface area (Å²) in [4.78, 5) is 0. The van der Waals surface area contributed by atoms with Gasteiger partial charge in [-0.2, -0.15) is 0 Å². The van der Waals surface area contributed by atoms with Crippen LogP contribution in [0.5, 0.6) is 0 Å². The van der Waals surface area contributed by atoms with Gasteiger partial charge in [-0.3, -0.25) is 0 Å². The summed E-state index contributed by atoms with van der Waals surface area (Å²) in [6.07, 6.45) is 15.3. The van der Waals surface area contributed by atoms with E-state index in [1.807, 2.05) is 6.08 Å². The van der Waals surface area contributed by atoms with E-state index in [9.17, 15) is 0 Å². The highest BCUT2D eigenvalue weighted by atomic mass is 16.6. The van der Waals surface area contributed by atoms with Crippen LogP contribution in [0.3, 0.4) is 0 Å². The van der Waals surface area contributed by atoms with Crippen molar-refractivity contribution in [1.82, 2.24) is 0 Å². The second-order valence-corrected chi connectivity index (χ2v) is 8.62. The van der Waals surface area contributed by atoms with E-state index in [4.69, 9.17) is 9.47 Å². The molecule has 7 unspecified atom stereocenters. The molecule has 1 heterocycles. The van der Waals surface area contributed by atoms with Gasteiger partial charge in [-0.15, -0.1) is 0 Å². The van der Waals surface area contributed by atoms with Crippen LogP contribution >= 0.6 is 0 Å². The Hall–Kier alpha value is -1.02. The molecule has 7 atom stereocenters. The van der Waals surface area contributed by atoms with Gasteiger partial charge in [0.15, 0.2) is 0 Å². The fraction of sp³-hybridized carbons (Fsp3) is 0.739. The normalized spacial score (nSPS) is 40.9. The fourth-order valence-corrected chi connectivity index (χ4v) is 6.51. The van der Waals surface area contributed by atoms with Crippen LogP contribution in [0.2, 0.25) is 0 Å². The Bertz CT molecular complexity index is 556. The summed E-state index contributed by atoms with van der Waals surface area (Å²) < 4.78 is 11.4. The van der Waals surface area contributed by atoms with Crippen molar-refractivity contribution in [2.24, 2.45) is 35.5 Å². The fourth-order valence-electron chi connectivity index (χ4n) is 6.51. The molecule has 0 amide bonds. The summed E-state index contributed by atoms with van der Waals surface area (Å²) in [5.41, 5.74) is 1.38. The van der Waals surface area contributed by atoms with Gasteiger partial charge in [-0.25, -0.2) is 0 Å². The minimum absolute atomic E-state index is 0.295. The Balaban J connectivity index is 1.57. The van der Waals surface area contributed by atoms with Gasteiger partial charge < -0.3 is 9.47 Å². The van der Waals surface area contributed by atoms with Crippen molar-refractivity contribution >= 4 is 0 Å². The second-order valence-electron chi connectivity index (χ2n) is 8.62. The molecule has 3 aliphatic carbocycles. The summed E-state index contributed by atoms with van der Waals surface area (Å²) in [5.74, 6) is 6.51. The zero-order valence-corrected chi connectivity index (χ0v) is 16.0. The molecule has 4 aliphatic rings. The average Bonchev–Trinajstić information content (AvgIpc) is 3.04. The number of hydrogen-bond acceptors (Lipinski definition) is 2. The van der Waals surface area contributed by atoms with Crippen molar-refractivity contribution in [3.05, 3.63) is 36.1 Å². The number of fused-ring (bicyclic) bond motifs is 5. The van der Waals surface area contributed by atoms with Crippen molar-refractivity contribution in [1.29, 1.82) is 0 Å². The molecule has 2 nitrogen and oxygen atoms in total. The molecular formula is C23H34O2. The average molecular weight is 343 g/mol. The quantitative estimate of drug-likeness (QED) is 0.329. The van der Waals surface area contributed by atoms with E-state index in [1.54, 1.807) is 0 Å². The molecule has 2 bridgehead atoms. The Labute approximate surface area is 153 Å². The Kier molecular flexibility index (Phi) is 5.08. The van der Waals surface area contributed by atoms with E-state index >= 15 is 0 Å².